The zero-order valence-corrected chi connectivity index (χ0v) is 11.5. The molecule has 112 valence electrons. The van der Waals surface area contributed by atoms with Crippen molar-refractivity contribution in [2.24, 2.45) is 0 Å². The summed E-state index contributed by atoms with van der Waals surface area (Å²) in [6.45, 7) is 3.84. The Hall–Kier alpha value is -2.34. The fourth-order valence-electron chi connectivity index (χ4n) is 1.89. The highest BCUT2D eigenvalue weighted by molar-refractivity contribution is 5.75. The molecule has 0 aliphatic carbocycles. The number of alkyl carbamates (subject to hydrolysis) is 1. The number of rotatable bonds is 6. The third-order valence-electron chi connectivity index (χ3n) is 2.86. The van der Waals surface area contributed by atoms with Gasteiger partial charge in [0.25, 0.3) is 0 Å². The van der Waals surface area contributed by atoms with E-state index in [4.69, 9.17) is 14.2 Å². The topological polar surface area (TPSA) is 73.9 Å². The van der Waals surface area contributed by atoms with Crippen LogP contribution in [0.2, 0.25) is 0 Å². The fraction of sp³-hybridized carbons (Fsp3) is 0.333. The van der Waals surface area contributed by atoms with E-state index in [0.717, 1.165) is 5.56 Å². The number of carbonyl (C=O) groups is 2. The summed E-state index contributed by atoms with van der Waals surface area (Å²) >= 11 is 0. The van der Waals surface area contributed by atoms with E-state index in [1.165, 1.54) is 6.08 Å². The summed E-state index contributed by atoms with van der Waals surface area (Å²) in [4.78, 5) is 22.8. The third kappa shape index (κ3) is 4.61. The summed E-state index contributed by atoms with van der Waals surface area (Å²) in [7, 11) is 0. The van der Waals surface area contributed by atoms with Crippen LogP contribution in [0.1, 0.15) is 12.0 Å². The maximum absolute atomic E-state index is 11.5. The lowest BCUT2D eigenvalue weighted by Gasteiger charge is -2.18. The largest absolute Gasteiger partial charge is 0.445 e. The molecule has 1 amide bonds. The van der Waals surface area contributed by atoms with Gasteiger partial charge >= 0.3 is 12.1 Å². The van der Waals surface area contributed by atoms with Crippen molar-refractivity contribution in [3.8, 4) is 0 Å². The quantitative estimate of drug-likeness (QED) is 0.638. The smallest absolute Gasteiger partial charge is 0.407 e. The molecule has 1 unspecified atom stereocenters. The molecule has 1 N–H and O–H groups in total. The van der Waals surface area contributed by atoms with Gasteiger partial charge in [0, 0.05) is 0 Å². The molecule has 6 nitrogen and oxygen atoms in total. The molecule has 1 fully saturated rings. The van der Waals surface area contributed by atoms with Crippen molar-refractivity contribution in [2.75, 3.05) is 6.61 Å². The average molecular weight is 291 g/mol. The number of nitrogens with one attached hydrogen (secondary N) is 1. The monoisotopic (exact) mass is 291 g/mol. The minimum atomic E-state index is -0.811. The Balaban J connectivity index is 1.86. The van der Waals surface area contributed by atoms with Gasteiger partial charge in [0.05, 0.1) is 13.0 Å². The molecule has 1 heterocycles. The number of esters is 1. The van der Waals surface area contributed by atoms with Gasteiger partial charge in [-0.05, 0) is 5.56 Å². The predicted octanol–water partition coefficient (Wildman–Crippen LogP) is 1.76. The Kier molecular flexibility index (Phi) is 5.34. The highest BCUT2D eigenvalue weighted by Gasteiger charge is 2.37. The van der Waals surface area contributed by atoms with Crippen LogP contribution in [-0.4, -0.2) is 31.0 Å². The van der Waals surface area contributed by atoms with Crippen LogP contribution in [0.15, 0.2) is 43.0 Å². The van der Waals surface area contributed by atoms with Crippen molar-refractivity contribution >= 4 is 12.1 Å². The molecule has 6 heteroatoms. The highest BCUT2D eigenvalue weighted by atomic mass is 16.7. The molecule has 0 aromatic heterocycles. The maximum Gasteiger partial charge on any atom is 0.407 e. The van der Waals surface area contributed by atoms with Gasteiger partial charge in [0.15, 0.2) is 0 Å². The summed E-state index contributed by atoms with van der Waals surface area (Å²) in [5.41, 5.74) is 0.952. The zero-order chi connectivity index (χ0) is 15.1. The van der Waals surface area contributed by atoms with Crippen molar-refractivity contribution in [1.29, 1.82) is 0 Å². The number of hydrogen-bond donors (Lipinski definition) is 1. The fourth-order valence-corrected chi connectivity index (χ4v) is 1.89. The lowest BCUT2D eigenvalue weighted by molar-refractivity contribution is -0.167. The number of benzene rings is 1. The predicted molar refractivity (Wildman–Crippen MR) is 74.2 cm³/mol. The molecule has 1 aromatic carbocycles. The highest BCUT2D eigenvalue weighted by Crippen LogP contribution is 2.18. The molecule has 21 heavy (non-hydrogen) atoms. The zero-order valence-electron chi connectivity index (χ0n) is 11.5. The Morgan fingerprint density at radius 2 is 2.19 bits per heavy atom. The molecule has 0 radical (unpaired) electrons. The molecule has 1 aliphatic rings. The van der Waals surface area contributed by atoms with Crippen molar-refractivity contribution in [3.63, 3.8) is 0 Å². The van der Waals surface area contributed by atoms with Gasteiger partial charge in [-0.2, -0.15) is 0 Å². The van der Waals surface area contributed by atoms with Crippen LogP contribution in [0, 0.1) is 0 Å². The Morgan fingerprint density at radius 3 is 2.90 bits per heavy atom. The van der Waals surface area contributed by atoms with Crippen LogP contribution in [0.3, 0.4) is 0 Å². The lowest BCUT2D eigenvalue weighted by atomic mass is 10.2. The van der Waals surface area contributed by atoms with Crippen molar-refractivity contribution in [1.82, 2.24) is 5.32 Å². The van der Waals surface area contributed by atoms with E-state index in [9.17, 15) is 9.59 Å². The molecule has 1 aromatic rings. The summed E-state index contributed by atoms with van der Waals surface area (Å²) in [6.07, 6.45) is 0.0718. The first-order chi connectivity index (χ1) is 10.2. The Morgan fingerprint density at radius 1 is 1.43 bits per heavy atom. The minimum Gasteiger partial charge on any atom is -0.445 e. The van der Waals surface area contributed by atoms with E-state index >= 15 is 0 Å². The molecule has 0 spiro atoms. The van der Waals surface area contributed by atoms with Gasteiger partial charge in [-0.1, -0.05) is 43.0 Å². The van der Waals surface area contributed by atoms with Crippen LogP contribution in [0.4, 0.5) is 4.79 Å². The van der Waals surface area contributed by atoms with Gasteiger partial charge in [0.1, 0.15) is 12.6 Å². The molecule has 0 bridgehead atoms. The number of hydrogen-bond acceptors (Lipinski definition) is 5. The standard InChI is InChI=1S/C15H17NO5/c1-2-8-19-15(18)16-12-9-13(17)21-14(12)20-10-11-6-4-3-5-7-11/h2-7,12,14H,1,8-10H2,(H,16,18)/t12?,14-/m0/s1. The summed E-state index contributed by atoms with van der Waals surface area (Å²) in [6, 6.07) is 8.93. The molecule has 2 atom stereocenters. The van der Waals surface area contributed by atoms with E-state index < -0.39 is 24.4 Å². The van der Waals surface area contributed by atoms with Crippen molar-refractivity contribution in [3.05, 3.63) is 48.6 Å². The van der Waals surface area contributed by atoms with Crippen LogP contribution in [0.25, 0.3) is 0 Å². The second-order valence-electron chi connectivity index (χ2n) is 4.50. The second kappa shape index (κ2) is 7.44. The van der Waals surface area contributed by atoms with Gasteiger partial charge in [-0.25, -0.2) is 4.79 Å². The van der Waals surface area contributed by atoms with Gasteiger partial charge in [0.2, 0.25) is 6.29 Å². The van der Waals surface area contributed by atoms with E-state index in [1.807, 2.05) is 30.3 Å². The van der Waals surface area contributed by atoms with E-state index in [2.05, 4.69) is 11.9 Å². The van der Waals surface area contributed by atoms with E-state index in [0.29, 0.717) is 6.61 Å². The molecule has 1 saturated heterocycles. The van der Waals surface area contributed by atoms with Crippen LogP contribution >= 0.6 is 0 Å². The number of amides is 1. The van der Waals surface area contributed by atoms with Gasteiger partial charge in [-0.3, -0.25) is 4.79 Å². The average Bonchev–Trinajstić information content (AvgIpc) is 2.83. The van der Waals surface area contributed by atoms with Gasteiger partial charge < -0.3 is 19.5 Å². The van der Waals surface area contributed by atoms with Gasteiger partial charge in [-0.15, -0.1) is 0 Å². The van der Waals surface area contributed by atoms with Crippen LogP contribution in [0.5, 0.6) is 0 Å². The van der Waals surface area contributed by atoms with Crippen LogP contribution < -0.4 is 5.32 Å². The minimum absolute atomic E-state index is 0.0582. The Labute approximate surface area is 122 Å². The first-order valence-corrected chi connectivity index (χ1v) is 6.58. The summed E-state index contributed by atoms with van der Waals surface area (Å²) < 4.78 is 15.4. The van der Waals surface area contributed by atoms with E-state index in [-0.39, 0.29) is 13.0 Å². The van der Waals surface area contributed by atoms with Crippen LogP contribution in [-0.2, 0) is 25.6 Å². The SMILES string of the molecule is C=CCOC(=O)NC1CC(=O)O[C@@H]1OCc1ccccc1. The van der Waals surface area contributed by atoms with Crippen molar-refractivity contribution in [2.45, 2.75) is 25.4 Å². The Bertz CT molecular complexity index is 502. The summed E-state index contributed by atoms with van der Waals surface area (Å²) in [5.74, 6) is -0.415. The number of cyclic esters (lactones) is 1. The normalized spacial score (nSPS) is 20.7. The molecule has 2 rings (SSSR count). The first kappa shape index (κ1) is 15.1. The second-order valence-corrected chi connectivity index (χ2v) is 4.50. The molecular formula is C15H17NO5. The lowest BCUT2D eigenvalue weighted by Crippen LogP contribution is -2.41. The number of ether oxygens (including phenoxy) is 3. The van der Waals surface area contributed by atoms with Crippen molar-refractivity contribution < 1.29 is 23.8 Å². The maximum atomic E-state index is 11.5. The first-order valence-electron chi connectivity index (χ1n) is 6.58. The molecule has 1 aliphatic heterocycles. The summed E-state index contributed by atoms with van der Waals surface area (Å²) in [5, 5.41) is 2.55. The molecular weight excluding hydrogens is 274 g/mol. The molecule has 0 saturated carbocycles. The van der Waals surface area contributed by atoms with E-state index in [1.54, 1.807) is 0 Å². The number of carbonyl (C=O) groups excluding carboxylic acids is 2. The third-order valence-corrected chi connectivity index (χ3v) is 2.86.